The third-order valence-electron chi connectivity index (χ3n) is 4.70. The highest BCUT2D eigenvalue weighted by Gasteiger charge is 2.34. The summed E-state index contributed by atoms with van der Waals surface area (Å²) in [5.41, 5.74) is 4.05. The van der Waals surface area contributed by atoms with Crippen molar-refractivity contribution in [2.45, 2.75) is 31.8 Å². The number of halogens is 2. The van der Waals surface area contributed by atoms with E-state index in [2.05, 4.69) is 76.7 Å². The molecular weight excluding hydrogens is 386 g/mol. The summed E-state index contributed by atoms with van der Waals surface area (Å²) in [5.74, 6) is 0. The van der Waals surface area contributed by atoms with Crippen molar-refractivity contribution in [1.29, 1.82) is 0 Å². The van der Waals surface area contributed by atoms with Gasteiger partial charge in [0.1, 0.15) is 0 Å². The van der Waals surface area contributed by atoms with Crippen LogP contribution < -0.4 is 5.32 Å². The molecule has 3 rings (SSSR count). The molecule has 1 aliphatic rings. The van der Waals surface area contributed by atoms with Crippen molar-refractivity contribution in [3.05, 3.63) is 69.7 Å². The fourth-order valence-electron chi connectivity index (χ4n) is 3.47. The average molecular weight is 411 g/mol. The van der Waals surface area contributed by atoms with Crippen LogP contribution in [-0.4, -0.2) is 19.7 Å². The molecule has 0 bridgehead atoms. The molecule has 2 aromatic carbocycles. The largest absolute Gasteiger partial charge is 0.376 e. The van der Waals surface area contributed by atoms with Crippen LogP contribution in [0, 0.1) is 6.92 Å². The number of rotatable bonds is 5. The second-order valence-corrected chi connectivity index (χ2v) is 7.44. The van der Waals surface area contributed by atoms with Crippen molar-refractivity contribution >= 4 is 28.3 Å². The molecule has 1 fully saturated rings. The van der Waals surface area contributed by atoms with Crippen LogP contribution in [0.3, 0.4) is 0 Å². The highest BCUT2D eigenvalue weighted by molar-refractivity contribution is 9.10. The summed E-state index contributed by atoms with van der Waals surface area (Å²) < 4.78 is 7.30. The molecule has 0 amide bonds. The molecule has 2 aromatic rings. The summed E-state index contributed by atoms with van der Waals surface area (Å²) in [6, 6.07) is 17.3. The lowest BCUT2D eigenvalue weighted by Crippen LogP contribution is -2.43. The van der Waals surface area contributed by atoms with E-state index in [-0.39, 0.29) is 17.8 Å². The number of benzene rings is 2. The quantitative estimate of drug-likeness (QED) is 0.747. The highest BCUT2D eigenvalue weighted by atomic mass is 79.9. The van der Waals surface area contributed by atoms with E-state index in [0.29, 0.717) is 6.61 Å². The summed E-state index contributed by atoms with van der Waals surface area (Å²) in [6.45, 7) is 5.70. The Labute approximate surface area is 159 Å². The maximum atomic E-state index is 6.18. The Balaban J connectivity index is 0.00000208. The predicted molar refractivity (Wildman–Crippen MR) is 106 cm³/mol. The van der Waals surface area contributed by atoms with Crippen molar-refractivity contribution < 1.29 is 4.74 Å². The Kier molecular flexibility index (Phi) is 7.30. The summed E-state index contributed by atoms with van der Waals surface area (Å²) >= 11 is 3.56. The second-order valence-electron chi connectivity index (χ2n) is 6.53. The molecule has 2 nitrogen and oxygen atoms in total. The molecule has 1 N–H and O–H groups in total. The first-order valence-electron chi connectivity index (χ1n) is 8.28. The lowest BCUT2D eigenvalue weighted by atomic mass is 9.74. The summed E-state index contributed by atoms with van der Waals surface area (Å²) in [4.78, 5) is 0. The van der Waals surface area contributed by atoms with Crippen molar-refractivity contribution in [3.63, 3.8) is 0 Å². The molecule has 24 heavy (non-hydrogen) atoms. The Morgan fingerprint density at radius 2 is 1.79 bits per heavy atom. The van der Waals surface area contributed by atoms with Gasteiger partial charge in [0, 0.05) is 9.89 Å². The van der Waals surface area contributed by atoms with E-state index >= 15 is 0 Å². The van der Waals surface area contributed by atoms with E-state index in [9.17, 15) is 0 Å². The van der Waals surface area contributed by atoms with Crippen molar-refractivity contribution in [2.24, 2.45) is 0 Å². The Bertz CT molecular complexity index is 621. The Morgan fingerprint density at radius 1 is 1.08 bits per heavy atom. The third kappa shape index (κ3) is 4.82. The lowest BCUT2D eigenvalue weighted by Gasteiger charge is -2.38. The van der Waals surface area contributed by atoms with Gasteiger partial charge in [-0.1, -0.05) is 52.3 Å². The predicted octanol–water partition coefficient (Wildman–Crippen LogP) is 5.02. The fraction of sp³-hybridized carbons (Fsp3) is 0.400. The third-order valence-corrected chi connectivity index (χ3v) is 5.15. The molecule has 1 saturated heterocycles. The lowest BCUT2D eigenvalue weighted by molar-refractivity contribution is 0.0565. The number of aryl methyl sites for hydroxylation is 1. The van der Waals surface area contributed by atoms with E-state index in [1.54, 1.807) is 0 Å². The van der Waals surface area contributed by atoms with Gasteiger partial charge in [-0.05, 0) is 61.7 Å². The minimum Gasteiger partial charge on any atom is -0.376 e. The van der Waals surface area contributed by atoms with Gasteiger partial charge in [-0.3, -0.25) is 0 Å². The molecule has 0 atom stereocenters. The van der Waals surface area contributed by atoms with Gasteiger partial charge in [-0.15, -0.1) is 12.4 Å². The first-order chi connectivity index (χ1) is 11.2. The SMILES string of the molecule is Cc1cc(Br)cc(COCC2(c3ccccc3)CCNCC2)c1.Cl. The monoisotopic (exact) mass is 409 g/mol. The summed E-state index contributed by atoms with van der Waals surface area (Å²) in [6.07, 6.45) is 2.27. The topological polar surface area (TPSA) is 21.3 Å². The smallest absolute Gasteiger partial charge is 0.0717 e. The van der Waals surface area contributed by atoms with Gasteiger partial charge in [-0.25, -0.2) is 0 Å². The molecule has 4 heteroatoms. The van der Waals surface area contributed by atoms with Crippen LogP contribution in [0.1, 0.15) is 29.5 Å². The van der Waals surface area contributed by atoms with Crippen LogP contribution in [0.15, 0.2) is 53.0 Å². The average Bonchev–Trinajstić information content (AvgIpc) is 2.56. The van der Waals surface area contributed by atoms with Crippen LogP contribution >= 0.6 is 28.3 Å². The van der Waals surface area contributed by atoms with Crippen LogP contribution in [0.25, 0.3) is 0 Å². The standard InChI is InChI=1S/C20H24BrNO.ClH/c1-16-11-17(13-19(21)12-16)14-23-15-20(7-9-22-10-8-20)18-5-3-2-4-6-18;/h2-6,11-13,22H,7-10,14-15H2,1H3;1H. The first kappa shape index (κ1) is 19.5. The normalized spacial score (nSPS) is 16.4. The van der Waals surface area contributed by atoms with Gasteiger partial charge in [0.15, 0.2) is 0 Å². The van der Waals surface area contributed by atoms with E-state index in [4.69, 9.17) is 4.74 Å². The molecule has 0 saturated carbocycles. The number of piperidine rings is 1. The molecule has 0 aromatic heterocycles. The summed E-state index contributed by atoms with van der Waals surface area (Å²) in [7, 11) is 0. The number of ether oxygens (including phenoxy) is 1. The molecule has 0 unspecified atom stereocenters. The van der Waals surface area contributed by atoms with Crippen LogP contribution in [-0.2, 0) is 16.8 Å². The minimum absolute atomic E-state index is 0. The maximum Gasteiger partial charge on any atom is 0.0717 e. The molecule has 130 valence electrons. The minimum atomic E-state index is 0. The Hall–Kier alpha value is -0.870. The number of nitrogens with one attached hydrogen (secondary N) is 1. The van der Waals surface area contributed by atoms with Crippen molar-refractivity contribution in [1.82, 2.24) is 5.32 Å². The molecule has 1 aliphatic heterocycles. The van der Waals surface area contributed by atoms with Gasteiger partial charge in [0.2, 0.25) is 0 Å². The molecule has 1 heterocycles. The van der Waals surface area contributed by atoms with Crippen molar-refractivity contribution in [3.8, 4) is 0 Å². The van der Waals surface area contributed by atoms with Gasteiger partial charge < -0.3 is 10.1 Å². The number of hydrogen-bond acceptors (Lipinski definition) is 2. The van der Waals surface area contributed by atoms with E-state index in [0.717, 1.165) is 37.0 Å². The van der Waals surface area contributed by atoms with Crippen LogP contribution in [0.4, 0.5) is 0 Å². The second kappa shape index (κ2) is 9.00. The van der Waals surface area contributed by atoms with Crippen molar-refractivity contribution in [2.75, 3.05) is 19.7 Å². The van der Waals surface area contributed by atoms with Gasteiger partial charge in [-0.2, -0.15) is 0 Å². The maximum absolute atomic E-state index is 6.18. The zero-order valence-electron chi connectivity index (χ0n) is 14.1. The zero-order chi connectivity index (χ0) is 16.1. The molecular formula is C20H25BrClNO. The molecule has 0 spiro atoms. The molecule has 0 aliphatic carbocycles. The highest BCUT2D eigenvalue weighted by Crippen LogP contribution is 2.34. The zero-order valence-corrected chi connectivity index (χ0v) is 16.5. The Morgan fingerprint density at radius 3 is 2.46 bits per heavy atom. The van der Waals surface area contributed by atoms with Gasteiger partial charge in [0.05, 0.1) is 13.2 Å². The summed E-state index contributed by atoms with van der Waals surface area (Å²) in [5, 5.41) is 3.47. The molecule has 0 radical (unpaired) electrons. The van der Waals surface area contributed by atoms with Crippen LogP contribution in [0.2, 0.25) is 0 Å². The van der Waals surface area contributed by atoms with Gasteiger partial charge >= 0.3 is 0 Å². The van der Waals surface area contributed by atoms with E-state index in [1.807, 2.05) is 0 Å². The number of hydrogen-bond donors (Lipinski definition) is 1. The first-order valence-corrected chi connectivity index (χ1v) is 9.07. The van der Waals surface area contributed by atoms with E-state index in [1.165, 1.54) is 16.7 Å². The van der Waals surface area contributed by atoms with E-state index < -0.39 is 0 Å². The van der Waals surface area contributed by atoms with Gasteiger partial charge in [0.25, 0.3) is 0 Å². The fourth-order valence-corrected chi connectivity index (χ4v) is 4.13. The van der Waals surface area contributed by atoms with Crippen LogP contribution in [0.5, 0.6) is 0 Å².